The second kappa shape index (κ2) is 5.75. The molecule has 5 nitrogen and oxygen atoms in total. The van der Waals surface area contributed by atoms with Crippen molar-refractivity contribution in [3.63, 3.8) is 0 Å². The van der Waals surface area contributed by atoms with Gasteiger partial charge in [0.2, 0.25) is 0 Å². The molecule has 0 N–H and O–H groups in total. The van der Waals surface area contributed by atoms with Gasteiger partial charge in [-0.15, -0.1) is 11.3 Å². The molecule has 0 radical (unpaired) electrons. The molecule has 7 heteroatoms. The Bertz CT molecular complexity index is 713. The molecule has 1 saturated heterocycles. The number of para-hydroxylation sites is 1. The molecular formula is C14H17N3O2S2. The highest BCUT2D eigenvalue weighted by Crippen LogP contribution is 2.25. The lowest BCUT2D eigenvalue weighted by Crippen LogP contribution is -2.49. The van der Waals surface area contributed by atoms with Crippen molar-refractivity contribution in [2.24, 2.45) is 0 Å². The summed E-state index contributed by atoms with van der Waals surface area (Å²) in [6.07, 6.45) is 0.817. The minimum absolute atomic E-state index is 0.343. The van der Waals surface area contributed by atoms with Crippen LogP contribution < -0.4 is 4.31 Å². The van der Waals surface area contributed by atoms with Crippen LogP contribution in [-0.4, -0.2) is 30.8 Å². The number of aryl methyl sites for hydroxylation is 1. The number of benzene rings is 1. The fraction of sp³-hybridized carbons (Fsp3) is 0.357. The van der Waals surface area contributed by atoms with E-state index in [0.717, 1.165) is 22.8 Å². The van der Waals surface area contributed by atoms with Gasteiger partial charge in [0.05, 0.1) is 22.9 Å². The van der Waals surface area contributed by atoms with E-state index in [2.05, 4.69) is 4.98 Å². The Kier molecular flexibility index (Phi) is 3.97. The zero-order chi connectivity index (χ0) is 14.9. The third-order valence-electron chi connectivity index (χ3n) is 3.42. The summed E-state index contributed by atoms with van der Waals surface area (Å²) in [4.78, 5) is 4.36. The van der Waals surface area contributed by atoms with E-state index in [1.807, 2.05) is 42.6 Å². The van der Waals surface area contributed by atoms with Crippen LogP contribution in [-0.2, 0) is 16.8 Å². The average molecular weight is 323 g/mol. The van der Waals surface area contributed by atoms with Crippen molar-refractivity contribution in [2.75, 3.05) is 17.4 Å². The zero-order valence-corrected chi connectivity index (χ0v) is 13.4. The molecule has 0 aliphatic carbocycles. The smallest absolute Gasteiger partial charge is 0.258 e. The maximum absolute atomic E-state index is 12.8. The second-order valence-electron chi connectivity index (χ2n) is 4.96. The molecule has 1 aromatic heterocycles. The van der Waals surface area contributed by atoms with E-state index in [1.165, 1.54) is 8.61 Å². The zero-order valence-electron chi connectivity index (χ0n) is 11.8. The van der Waals surface area contributed by atoms with Gasteiger partial charge in [-0.25, -0.2) is 4.98 Å². The van der Waals surface area contributed by atoms with Crippen molar-refractivity contribution in [1.82, 2.24) is 9.29 Å². The maximum Gasteiger partial charge on any atom is 0.304 e. The Balaban J connectivity index is 1.86. The molecule has 1 aliphatic rings. The Morgan fingerprint density at radius 2 is 2.00 bits per heavy atom. The normalized spacial score (nSPS) is 18.8. The summed E-state index contributed by atoms with van der Waals surface area (Å²) in [6.45, 7) is 3.34. The first kappa shape index (κ1) is 14.5. The molecule has 0 spiro atoms. The molecular weight excluding hydrogens is 306 g/mol. The highest BCUT2D eigenvalue weighted by atomic mass is 32.2. The molecule has 3 rings (SSSR count). The standard InChI is InChI=1S/C14H17N3O2S2/c1-12-15-13(11-20-12)10-16-8-5-9-17(21(16,18)19)14-6-3-2-4-7-14/h2-4,6-7,11H,5,8-10H2,1H3. The Labute approximate surface area is 129 Å². The third kappa shape index (κ3) is 2.95. The summed E-state index contributed by atoms with van der Waals surface area (Å²) < 4.78 is 28.5. The molecule has 2 heterocycles. The van der Waals surface area contributed by atoms with Gasteiger partial charge in [0.1, 0.15) is 0 Å². The van der Waals surface area contributed by atoms with Gasteiger partial charge in [0.25, 0.3) is 0 Å². The lowest BCUT2D eigenvalue weighted by atomic mass is 10.3. The number of hydrogen-bond donors (Lipinski definition) is 0. The molecule has 0 saturated carbocycles. The van der Waals surface area contributed by atoms with Crippen LogP contribution in [0, 0.1) is 6.92 Å². The van der Waals surface area contributed by atoms with Gasteiger partial charge in [-0.3, -0.25) is 4.31 Å². The minimum atomic E-state index is -3.48. The predicted octanol–water partition coefficient (Wildman–Crippen LogP) is 2.41. The van der Waals surface area contributed by atoms with E-state index in [1.54, 1.807) is 11.3 Å². The van der Waals surface area contributed by atoms with Gasteiger partial charge in [0.15, 0.2) is 0 Å². The number of thiazole rings is 1. The molecule has 1 fully saturated rings. The van der Waals surface area contributed by atoms with Gasteiger partial charge < -0.3 is 0 Å². The lowest BCUT2D eigenvalue weighted by Gasteiger charge is -2.35. The first-order valence-corrected chi connectivity index (χ1v) is 9.09. The van der Waals surface area contributed by atoms with E-state index in [9.17, 15) is 8.42 Å². The van der Waals surface area contributed by atoms with Crippen molar-refractivity contribution in [3.8, 4) is 0 Å². The molecule has 1 aromatic carbocycles. The van der Waals surface area contributed by atoms with Crippen LogP contribution in [0.4, 0.5) is 5.69 Å². The maximum atomic E-state index is 12.8. The number of anilines is 1. The summed E-state index contributed by atoms with van der Waals surface area (Å²) in [5, 5.41) is 2.88. The van der Waals surface area contributed by atoms with Crippen LogP contribution in [0.1, 0.15) is 17.1 Å². The predicted molar refractivity (Wildman–Crippen MR) is 84.6 cm³/mol. The van der Waals surface area contributed by atoms with Gasteiger partial charge in [-0.05, 0) is 25.5 Å². The van der Waals surface area contributed by atoms with Crippen molar-refractivity contribution < 1.29 is 8.42 Å². The Morgan fingerprint density at radius 3 is 2.67 bits per heavy atom. The van der Waals surface area contributed by atoms with Crippen molar-refractivity contribution >= 4 is 27.2 Å². The summed E-state index contributed by atoms with van der Waals surface area (Å²) in [5.41, 5.74) is 1.53. The summed E-state index contributed by atoms with van der Waals surface area (Å²) in [5.74, 6) is 0. The largest absolute Gasteiger partial charge is 0.304 e. The van der Waals surface area contributed by atoms with Gasteiger partial charge in [0, 0.05) is 18.5 Å². The minimum Gasteiger partial charge on any atom is -0.258 e. The highest BCUT2D eigenvalue weighted by molar-refractivity contribution is 7.90. The van der Waals surface area contributed by atoms with Crippen LogP contribution >= 0.6 is 11.3 Å². The van der Waals surface area contributed by atoms with E-state index in [-0.39, 0.29) is 0 Å². The number of hydrogen-bond acceptors (Lipinski definition) is 4. The molecule has 112 valence electrons. The Morgan fingerprint density at radius 1 is 1.24 bits per heavy atom. The van der Waals surface area contributed by atoms with Crippen molar-refractivity contribution in [1.29, 1.82) is 0 Å². The summed E-state index contributed by atoms with van der Waals surface area (Å²) in [6, 6.07) is 9.25. The first-order chi connectivity index (χ1) is 10.1. The summed E-state index contributed by atoms with van der Waals surface area (Å²) >= 11 is 1.54. The third-order valence-corrected chi connectivity index (χ3v) is 6.16. The van der Waals surface area contributed by atoms with Crippen molar-refractivity contribution in [2.45, 2.75) is 19.9 Å². The quantitative estimate of drug-likeness (QED) is 0.871. The lowest BCUT2D eigenvalue weighted by molar-refractivity contribution is 0.378. The van der Waals surface area contributed by atoms with Gasteiger partial charge >= 0.3 is 10.2 Å². The second-order valence-corrected chi connectivity index (χ2v) is 7.88. The number of rotatable bonds is 3. The van der Waals surface area contributed by atoms with E-state index in [4.69, 9.17) is 0 Å². The van der Waals surface area contributed by atoms with Gasteiger partial charge in [-0.1, -0.05) is 18.2 Å². The van der Waals surface area contributed by atoms with Crippen LogP contribution in [0.5, 0.6) is 0 Å². The fourth-order valence-electron chi connectivity index (χ4n) is 2.44. The van der Waals surface area contributed by atoms with E-state index < -0.39 is 10.2 Å². The average Bonchev–Trinajstić information content (AvgIpc) is 2.87. The molecule has 0 amide bonds. The molecule has 1 aliphatic heterocycles. The highest BCUT2D eigenvalue weighted by Gasteiger charge is 2.33. The number of aromatic nitrogens is 1. The summed E-state index contributed by atoms with van der Waals surface area (Å²) in [7, 11) is -3.48. The first-order valence-electron chi connectivity index (χ1n) is 6.81. The molecule has 21 heavy (non-hydrogen) atoms. The van der Waals surface area contributed by atoms with Crippen LogP contribution in [0.3, 0.4) is 0 Å². The Hall–Kier alpha value is -1.44. The van der Waals surface area contributed by atoms with Crippen LogP contribution in [0.25, 0.3) is 0 Å². The topological polar surface area (TPSA) is 53.5 Å². The number of nitrogens with zero attached hydrogens (tertiary/aromatic N) is 3. The molecule has 0 atom stereocenters. The molecule has 0 bridgehead atoms. The fourth-order valence-corrected chi connectivity index (χ4v) is 4.73. The van der Waals surface area contributed by atoms with Gasteiger partial charge in [-0.2, -0.15) is 12.7 Å². The molecule has 0 unspecified atom stereocenters. The SMILES string of the molecule is Cc1nc(CN2CCCN(c3ccccc3)S2(=O)=O)cs1. The van der Waals surface area contributed by atoms with E-state index >= 15 is 0 Å². The van der Waals surface area contributed by atoms with E-state index in [0.29, 0.717) is 19.6 Å². The monoisotopic (exact) mass is 323 g/mol. The molecule has 2 aromatic rings. The van der Waals surface area contributed by atoms with Crippen LogP contribution in [0.15, 0.2) is 35.7 Å². The van der Waals surface area contributed by atoms with Crippen molar-refractivity contribution in [3.05, 3.63) is 46.4 Å². The van der Waals surface area contributed by atoms with Crippen LogP contribution in [0.2, 0.25) is 0 Å².